The van der Waals surface area contributed by atoms with Crippen molar-refractivity contribution < 1.29 is 28.6 Å². The number of unbranched alkanes of at least 4 members (excludes halogenated alkanes) is 4. The fraction of sp³-hybridized carbons (Fsp3) is 0.893. The van der Waals surface area contributed by atoms with Crippen LogP contribution in [0, 0.1) is 16.7 Å². The molecule has 0 bridgehead atoms. The van der Waals surface area contributed by atoms with Gasteiger partial charge in [0.1, 0.15) is 6.10 Å². The van der Waals surface area contributed by atoms with Crippen LogP contribution in [-0.2, 0) is 28.6 Å². The van der Waals surface area contributed by atoms with Gasteiger partial charge in [0.05, 0.1) is 19.6 Å². The lowest BCUT2D eigenvalue weighted by Crippen LogP contribution is -2.56. The van der Waals surface area contributed by atoms with Crippen LogP contribution in [0.25, 0.3) is 0 Å². The number of amides is 2. The van der Waals surface area contributed by atoms with Gasteiger partial charge in [0.15, 0.2) is 5.79 Å². The molecule has 0 aromatic carbocycles. The Labute approximate surface area is 219 Å². The van der Waals surface area contributed by atoms with E-state index in [-0.39, 0.29) is 48.7 Å². The molecule has 1 aliphatic heterocycles. The highest BCUT2D eigenvalue weighted by Gasteiger charge is 2.45. The molecule has 8 nitrogen and oxygen atoms in total. The molecular formula is C28H52N2O6. The topological polar surface area (TPSA) is 103 Å². The van der Waals surface area contributed by atoms with Gasteiger partial charge in [-0.05, 0) is 32.1 Å². The number of esters is 1. The monoisotopic (exact) mass is 512 g/mol. The molecule has 0 aromatic heterocycles. The molecule has 36 heavy (non-hydrogen) atoms. The lowest BCUT2D eigenvalue weighted by Gasteiger charge is -2.44. The average Bonchev–Trinajstić information content (AvgIpc) is 2.76. The van der Waals surface area contributed by atoms with Gasteiger partial charge in [0.25, 0.3) is 0 Å². The van der Waals surface area contributed by atoms with Crippen molar-refractivity contribution in [1.29, 1.82) is 0 Å². The lowest BCUT2D eigenvalue weighted by molar-refractivity contribution is -0.304. The maximum absolute atomic E-state index is 12.8. The molecule has 210 valence electrons. The molecular weight excluding hydrogens is 460 g/mol. The molecule has 0 saturated carbocycles. The highest BCUT2D eigenvalue weighted by Crippen LogP contribution is 2.35. The number of nitrogens with one attached hydrogen (secondary N) is 2. The van der Waals surface area contributed by atoms with Gasteiger partial charge >= 0.3 is 5.97 Å². The Morgan fingerprint density at radius 3 is 2.28 bits per heavy atom. The van der Waals surface area contributed by atoms with Crippen molar-refractivity contribution in [2.75, 3.05) is 26.3 Å². The maximum atomic E-state index is 12.8. The van der Waals surface area contributed by atoms with Crippen LogP contribution >= 0.6 is 0 Å². The second-order valence-corrected chi connectivity index (χ2v) is 12.2. The van der Waals surface area contributed by atoms with Gasteiger partial charge in [-0.15, -0.1) is 0 Å². The first-order valence-electron chi connectivity index (χ1n) is 13.7. The van der Waals surface area contributed by atoms with E-state index in [4.69, 9.17) is 14.2 Å². The van der Waals surface area contributed by atoms with Crippen LogP contribution in [0.4, 0.5) is 0 Å². The molecule has 0 aromatic rings. The molecule has 1 rings (SSSR count). The molecule has 0 spiro atoms. The second kappa shape index (κ2) is 14.9. The van der Waals surface area contributed by atoms with Crippen LogP contribution in [0.3, 0.4) is 0 Å². The largest absolute Gasteiger partial charge is 0.466 e. The average molecular weight is 513 g/mol. The summed E-state index contributed by atoms with van der Waals surface area (Å²) in [5.41, 5.74) is -0.558. The number of hydrogen-bond acceptors (Lipinski definition) is 6. The Hall–Kier alpha value is -1.67. The first-order valence-corrected chi connectivity index (χ1v) is 13.7. The van der Waals surface area contributed by atoms with Crippen LogP contribution in [0.15, 0.2) is 0 Å². The third kappa shape index (κ3) is 12.0. The summed E-state index contributed by atoms with van der Waals surface area (Å²) in [4.78, 5) is 37.4. The Morgan fingerprint density at radius 2 is 1.64 bits per heavy atom. The lowest BCUT2D eigenvalue weighted by atomic mass is 9.77. The van der Waals surface area contributed by atoms with Gasteiger partial charge in [-0.1, -0.05) is 73.6 Å². The summed E-state index contributed by atoms with van der Waals surface area (Å²) < 4.78 is 16.7. The molecule has 2 atom stereocenters. The maximum Gasteiger partial charge on any atom is 0.307 e. The van der Waals surface area contributed by atoms with Crippen LogP contribution < -0.4 is 10.6 Å². The van der Waals surface area contributed by atoms with E-state index in [9.17, 15) is 14.4 Å². The zero-order valence-corrected chi connectivity index (χ0v) is 24.1. The summed E-state index contributed by atoms with van der Waals surface area (Å²) >= 11 is 0. The predicted molar refractivity (Wildman–Crippen MR) is 141 cm³/mol. The Balaban J connectivity index is 2.27. The molecule has 2 unspecified atom stereocenters. The Bertz CT molecular complexity index is 699. The zero-order valence-electron chi connectivity index (χ0n) is 24.1. The minimum atomic E-state index is -0.826. The number of carbonyl (C=O) groups is 3. The van der Waals surface area contributed by atoms with Crippen molar-refractivity contribution in [1.82, 2.24) is 10.6 Å². The van der Waals surface area contributed by atoms with E-state index in [2.05, 4.69) is 38.3 Å². The molecule has 1 saturated heterocycles. The highest BCUT2D eigenvalue weighted by atomic mass is 16.7. The third-order valence-corrected chi connectivity index (χ3v) is 6.61. The SMILES string of the molecule is CCCCCCCC(C(=O)NCCCOC(=O)CCNC(=O)C1OC(C)(C)OCC1(C)C)C(C)(C)C. The number of ether oxygens (including phenoxy) is 3. The fourth-order valence-electron chi connectivity index (χ4n) is 4.28. The predicted octanol–water partition coefficient (Wildman–Crippen LogP) is 4.74. The normalized spacial score (nSPS) is 19.8. The minimum Gasteiger partial charge on any atom is -0.466 e. The third-order valence-electron chi connectivity index (χ3n) is 6.61. The molecule has 2 amide bonds. The van der Waals surface area contributed by atoms with Crippen molar-refractivity contribution in [3.8, 4) is 0 Å². The van der Waals surface area contributed by atoms with Crippen molar-refractivity contribution in [3.63, 3.8) is 0 Å². The summed E-state index contributed by atoms with van der Waals surface area (Å²) in [5.74, 6) is -1.42. The van der Waals surface area contributed by atoms with Crippen LogP contribution in [0.5, 0.6) is 0 Å². The summed E-state index contributed by atoms with van der Waals surface area (Å²) in [6.07, 6.45) is 6.79. The van der Waals surface area contributed by atoms with Crippen molar-refractivity contribution in [3.05, 3.63) is 0 Å². The van der Waals surface area contributed by atoms with E-state index in [1.54, 1.807) is 13.8 Å². The Kier molecular flexibility index (Phi) is 13.4. The zero-order chi connectivity index (χ0) is 27.4. The number of hydrogen-bond donors (Lipinski definition) is 2. The van der Waals surface area contributed by atoms with E-state index in [0.717, 1.165) is 12.8 Å². The van der Waals surface area contributed by atoms with E-state index >= 15 is 0 Å². The van der Waals surface area contributed by atoms with E-state index in [1.807, 2.05) is 13.8 Å². The van der Waals surface area contributed by atoms with Gasteiger partial charge in [0.2, 0.25) is 11.8 Å². The summed E-state index contributed by atoms with van der Waals surface area (Å²) in [7, 11) is 0. The first kappa shape index (κ1) is 32.4. The van der Waals surface area contributed by atoms with E-state index in [0.29, 0.717) is 19.6 Å². The molecule has 8 heteroatoms. The number of carbonyl (C=O) groups excluding carboxylic acids is 3. The fourth-order valence-corrected chi connectivity index (χ4v) is 4.28. The van der Waals surface area contributed by atoms with Gasteiger partial charge in [-0.3, -0.25) is 14.4 Å². The Morgan fingerprint density at radius 1 is 0.972 bits per heavy atom. The highest BCUT2D eigenvalue weighted by molar-refractivity contribution is 5.82. The van der Waals surface area contributed by atoms with Crippen molar-refractivity contribution in [2.45, 2.75) is 119 Å². The van der Waals surface area contributed by atoms with Gasteiger partial charge < -0.3 is 24.8 Å². The van der Waals surface area contributed by atoms with Gasteiger partial charge in [-0.2, -0.15) is 0 Å². The summed E-state index contributed by atoms with van der Waals surface area (Å²) in [6, 6.07) is 0. The van der Waals surface area contributed by atoms with Gasteiger partial charge in [-0.25, -0.2) is 0 Å². The second-order valence-electron chi connectivity index (χ2n) is 12.2. The summed E-state index contributed by atoms with van der Waals surface area (Å²) in [6.45, 7) is 17.2. The molecule has 1 fully saturated rings. The van der Waals surface area contributed by atoms with Crippen molar-refractivity contribution in [2.24, 2.45) is 16.7 Å². The standard InChI is InChI=1S/C28H52N2O6/c1-9-10-11-12-13-15-21(26(2,3)4)24(32)29-17-14-19-34-22(31)16-18-30-25(33)23-27(5,6)20-35-28(7,8)36-23/h21,23H,9-20H2,1-8H3,(H,29,32)(H,30,33). The molecule has 0 radical (unpaired) electrons. The molecule has 1 aliphatic rings. The number of rotatable bonds is 15. The van der Waals surface area contributed by atoms with E-state index < -0.39 is 17.3 Å². The summed E-state index contributed by atoms with van der Waals surface area (Å²) in [5, 5.41) is 5.78. The smallest absolute Gasteiger partial charge is 0.307 e. The van der Waals surface area contributed by atoms with Crippen molar-refractivity contribution >= 4 is 17.8 Å². The first-order chi connectivity index (χ1) is 16.7. The van der Waals surface area contributed by atoms with Crippen LogP contribution in [-0.4, -0.2) is 56.0 Å². The van der Waals surface area contributed by atoms with Gasteiger partial charge in [0, 0.05) is 24.4 Å². The van der Waals surface area contributed by atoms with E-state index in [1.165, 1.54) is 25.7 Å². The minimum absolute atomic E-state index is 0.0273. The molecule has 2 N–H and O–H groups in total. The van der Waals surface area contributed by atoms with Crippen LogP contribution in [0.1, 0.15) is 107 Å². The molecule has 0 aliphatic carbocycles. The molecule has 1 heterocycles. The van der Waals surface area contributed by atoms with Crippen LogP contribution in [0.2, 0.25) is 0 Å². The quantitative estimate of drug-likeness (QED) is 0.243.